The maximum atomic E-state index is 14.5. The van der Waals surface area contributed by atoms with Crippen molar-refractivity contribution >= 4 is 17.7 Å². The van der Waals surface area contributed by atoms with E-state index in [0.29, 0.717) is 16.0 Å². The first kappa shape index (κ1) is 27.9. The zero-order valence-corrected chi connectivity index (χ0v) is 21.2. The lowest BCUT2D eigenvalue weighted by Gasteiger charge is -2.30. The molecule has 8 nitrogen and oxygen atoms in total. The van der Waals surface area contributed by atoms with Crippen LogP contribution in [0.4, 0.5) is 13.2 Å². The number of carbonyl (C=O) groups excluding carboxylic acids is 3. The van der Waals surface area contributed by atoms with Crippen LogP contribution in [0.1, 0.15) is 28.0 Å². The molecule has 2 aromatic carbocycles. The summed E-state index contributed by atoms with van der Waals surface area (Å²) in [5.74, 6) is -6.41. The number of carbonyl (C=O) groups is 3. The van der Waals surface area contributed by atoms with Gasteiger partial charge in [-0.1, -0.05) is 42.5 Å². The molecular weight excluding hydrogens is 513 g/mol. The first-order chi connectivity index (χ1) is 18.5. The average molecular weight is 543 g/mol. The summed E-state index contributed by atoms with van der Waals surface area (Å²) in [6.07, 6.45) is -1.16. The number of aliphatic hydroxyl groups excluding tert-OH is 1. The largest absolute Gasteiger partial charge is 0.381 e. The summed E-state index contributed by atoms with van der Waals surface area (Å²) in [7, 11) is 1.65. The zero-order chi connectivity index (χ0) is 28.2. The van der Waals surface area contributed by atoms with E-state index < -0.39 is 60.6 Å². The fraction of sp³-hybridized carbons (Fsp3) is 0.321. The lowest BCUT2D eigenvalue weighted by Crippen LogP contribution is -2.56. The lowest BCUT2D eigenvalue weighted by atomic mass is 9.99. The number of alkyl halides is 2. The molecule has 1 saturated heterocycles. The van der Waals surface area contributed by atoms with Gasteiger partial charge in [0.2, 0.25) is 5.91 Å². The second-order valence-corrected chi connectivity index (χ2v) is 9.61. The van der Waals surface area contributed by atoms with Crippen LogP contribution >= 0.6 is 0 Å². The van der Waals surface area contributed by atoms with Crippen LogP contribution in [0.25, 0.3) is 0 Å². The summed E-state index contributed by atoms with van der Waals surface area (Å²) in [6, 6.07) is 14.7. The molecule has 0 spiro atoms. The summed E-state index contributed by atoms with van der Waals surface area (Å²) in [6.45, 7) is -1.20. The molecule has 1 aliphatic heterocycles. The zero-order valence-electron chi connectivity index (χ0n) is 21.2. The Morgan fingerprint density at radius 2 is 1.77 bits per heavy atom. The van der Waals surface area contributed by atoms with Gasteiger partial charge in [0.1, 0.15) is 17.6 Å². The van der Waals surface area contributed by atoms with Gasteiger partial charge in [-0.3, -0.25) is 14.4 Å². The number of halogens is 3. The van der Waals surface area contributed by atoms with Gasteiger partial charge in [-0.2, -0.15) is 0 Å². The Hall–Kier alpha value is -4.12. The van der Waals surface area contributed by atoms with E-state index in [-0.39, 0.29) is 18.7 Å². The minimum Gasteiger partial charge on any atom is -0.381 e. The Morgan fingerprint density at radius 3 is 2.44 bits per heavy atom. The highest BCUT2D eigenvalue weighted by Gasteiger charge is 2.51. The molecule has 3 aromatic rings. The number of aryl methyl sites for hydroxylation is 1. The maximum Gasteiger partial charge on any atom is 0.268 e. The van der Waals surface area contributed by atoms with Crippen molar-refractivity contribution < 1.29 is 32.7 Å². The molecule has 0 radical (unpaired) electrons. The third-order valence-electron chi connectivity index (χ3n) is 6.64. The Bertz CT molecular complexity index is 1330. The number of rotatable bonds is 9. The quantitative estimate of drug-likeness (QED) is 0.387. The Balaban J connectivity index is 1.52. The number of nitrogens with one attached hydrogen (secondary N) is 2. The maximum absolute atomic E-state index is 14.5. The molecule has 0 bridgehead atoms. The number of nitrogens with zero attached hydrogens (tertiary/aromatic N) is 2. The third kappa shape index (κ3) is 6.85. The Kier molecular flexibility index (Phi) is 8.39. The van der Waals surface area contributed by atoms with Crippen LogP contribution in [0.15, 0.2) is 72.9 Å². The lowest BCUT2D eigenvalue weighted by molar-refractivity contribution is -0.147. The molecule has 0 saturated carbocycles. The number of amides is 3. The van der Waals surface area contributed by atoms with Gasteiger partial charge >= 0.3 is 0 Å². The summed E-state index contributed by atoms with van der Waals surface area (Å²) < 4.78 is 43.9. The first-order valence-electron chi connectivity index (χ1n) is 12.4. The summed E-state index contributed by atoms with van der Waals surface area (Å²) in [5, 5.41) is 16.2. The molecule has 3 N–H and O–H groups in total. The summed E-state index contributed by atoms with van der Waals surface area (Å²) >= 11 is 0. The van der Waals surface area contributed by atoms with E-state index in [1.807, 2.05) is 0 Å². The molecule has 1 aromatic heterocycles. The highest BCUT2D eigenvalue weighted by atomic mass is 19.3. The van der Waals surface area contributed by atoms with Crippen molar-refractivity contribution in [3.8, 4) is 0 Å². The molecule has 11 heteroatoms. The predicted octanol–water partition coefficient (Wildman–Crippen LogP) is 2.42. The number of hydrogen-bond donors (Lipinski definition) is 3. The second kappa shape index (κ2) is 11.7. The van der Waals surface area contributed by atoms with Gasteiger partial charge < -0.3 is 25.2 Å². The molecule has 0 aliphatic carbocycles. The van der Waals surface area contributed by atoms with Crippen LogP contribution < -0.4 is 10.6 Å². The topological polar surface area (TPSA) is 104 Å². The minimum atomic E-state index is -3.36. The molecular formula is C28H29F3N4O4. The standard InChI is InChI=1S/C28H29F3N4O4/c1-34-12-6-11-22(34)26(38)33-21(14-18-7-3-2-4-8-18)24(36)27(39)35-17-28(30,31)15-23(35)25(37)32-16-19-9-5-10-20(29)13-19/h2-13,21,23-24,36H,14-17H2,1H3,(H,32,37)(H,33,38)/t21-,23-,24-/m0/s1. The van der Waals surface area contributed by atoms with E-state index in [2.05, 4.69) is 10.6 Å². The Labute approximate surface area is 223 Å². The van der Waals surface area contributed by atoms with Crippen LogP contribution in [-0.4, -0.2) is 63.0 Å². The smallest absolute Gasteiger partial charge is 0.268 e. The first-order valence-corrected chi connectivity index (χ1v) is 12.4. The third-order valence-corrected chi connectivity index (χ3v) is 6.64. The minimum absolute atomic E-state index is 0.0323. The van der Waals surface area contributed by atoms with Crippen molar-refractivity contribution in [2.24, 2.45) is 7.05 Å². The van der Waals surface area contributed by atoms with Gasteiger partial charge in [-0.15, -0.1) is 0 Å². The number of aliphatic hydroxyl groups is 1. The molecule has 1 aliphatic rings. The van der Waals surface area contributed by atoms with E-state index in [4.69, 9.17) is 0 Å². The molecule has 39 heavy (non-hydrogen) atoms. The van der Waals surface area contributed by atoms with E-state index in [1.54, 1.807) is 66.3 Å². The number of hydrogen-bond acceptors (Lipinski definition) is 4. The van der Waals surface area contributed by atoms with Crippen LogP contribution in [0.3, 0.4) is 0 Å². The van der Waals surface area contributed by atoms with Gasteiger partial charge in [0.05, 0.1) is 12.6 Å². The van der Waals surface area contributed by atoms with Crippen molar-refractivity contribution in [3.05, 3.63) is 95.6 Å². The summed E-state index contributed by atoms with van der Waals surface area (Å²) in [4.78, 5) is 39.8. The highest BCUT2D eigenvalue weighted by Crippen LogP contribution is 2.33. The van der Waals surface area contributed by atoms with Crippen molar-refractivity contribution in [2.75, 3.05) is 6.54 Å². The van der Waals surface area contributed by atoms with Crippen LogP contribution in [0.2, 0.25) is 0 Å². The van der Waals surface area contributed by atoms with Gasteiger partial charge in [-0.25, -0.2) is 13.2 Å². The predicted molar refractivity (Wildman–Crippen MR) is 136 cm³/mol. The van der Waals surface area contributed by atoms with Crippen molar-refractivity contribution in [1.29, 1.82) is 0 Å². The fourth-order valence-electron chi connectivity index (χ4n) is 4.63. The SMILES string of the molecule is Cn1cccc1C(=O)N[C@@H](Cc1ccccc1)[C@H](O)C(=O)N1CC(F)(F)C[C@H]1C(=O)NCc1cccc(F)c1. The number of aromatic nitrogens is 1. The molecule has 206 valence electrons. The van der Waals surface area contributed by atoms with Crippen LogP contribution in [-0.2, 0) is 29.6 Å². The number of likely N-dealkylation sites (tertiary alicyclic amines) is 1. The molecule has 3 amide bonds. The van der Waals surface area contributed by atoms with Crippen molar-refractivity contribution in [1.82, 2.24) is 20.1 Å². The van der Waals surface area contributed by atoms with Crippen LogP contribution in [0, 0.1) is 5.82 Å². The molecule has 4 rings (SSSR count). The van der Waals surface area contributed by atoms with E-state index in [9.17, 15) is 32.7 Å². The fourth-order valence-corrected chi connectivity index (χ4v) is 4.63. The summed E-state index contributed by atoms with van der Waals surface area (Å²) in [5.41, 5.74) is 1.38. The van der Waals surface area contributed by atoms with Gasteiger partial charge in [0.25, 0.3) is 17.7 Å². The van der Waals surface area contributed by atoms with Crippen molar-refractivity contribution in [2.45, 2.75) is 43.5 Å². The monoisotopic (exact) mass is 542 g/mol. The van der Waals surface area contributed by atoms with E-state index >= 15 is 0 Å². The normalized spacial score (nSPS) is 17.9. The van der Waals surface area contributed by atoms with Crippen molar-refractivity contribution in [3.63, 3.8) is 0 Å². The second-order valence-electron chi connectivity index (χ2n) is 9.61. The van der Waals surface area contributed by atoms with E-state index in [0.717, 1.165) is 0 Å². The van der Waals surface area contributed by atoms with Gasteiger partial charge in [0.15, 0.2) is 6.10 Å². The average Bonchev–Trinajstić information content (AvgIpc) is 3.48. The molecule has 0 unspecified atom stereocenters. The number of benzene rings is 2. The van der Waals surface area contributed by atoms with E-state index in [1.165, 1.54) is 18.2 Å². The van der Waals surface area contributed by atoms with Crippen LogP contribution in [0.5, 0.6) is 0 Å². The molecule has 3 atom stereocenters. The highest BCUT2D eigenvalue weighted by molar-refractivity contribution is 5.94. The molecule has 1 fully saturated rings. The molecule has 2 heterocycles. The van der Waals surface area contributed by atoms with Gasteiger partial charge in [-0.05, 0) is 41.8 Å². The van der Waals surface area contributed by atoms with Gasteiger partial charge in [0, 0.05) is 26.2 Å². The Morgan fingerprint density at radius 1 is 1.05 bits per heavy atom.